The highest BCUT2D eigenvalue weighted by Gasteiger charge is 2.25. The van der Waals surface area contributed by atoms with E-state index >= 15 is 0 Å². The van der Waals surface area contributed by atoms with Gasteiger partial charge < -0.3 is 5.32 Å². The van der Waals surface area contributed by atoms with Crippen molar-refractivity contribution in [3.8, 4) is 0 Å². The van der Waals surface area contributed by atoms with Gasteiger partial charge in [0.1, 0.15) is 0 Å². The van der Waals surface area contributed by atoms with Gasteiger partial charge in [0.15, 0.2) is 0 Å². The van der Waals surface area contributed by atoms with Crippen LogP contribution in [0, 0.1) is 5.92 Å². The summed E-state index contributed by atoms with van der Waals surface area (Å²) in [6.07, 6.45) is 4.55. The zero-order chi connectivity index (χ0) is 13.0. The Labute approximate surface area is 110 Å². The second-order valence-electron chi connectivity index (χ2n) is 5.95. The highest BCUT2D eigenvalue weighted by Crippen LogP contribution is 2.26. The maximum absolute atomic E-state index is 12.0. The first-order valence-electron chi connectivity index (χ1n) is 6.93. The minimum Gasteiger partial charge on any atom is -0.355 e. The number of carbonyl (C=O) groups excluding carboxylic acids is 1. The summed E-state index contributed by atoms with van der Waals surface area (Å²) in [6.45, 7) is 5.07. The van der Waals surface area contributed by atoms with Gasteiger partial charge in [-0.05, 0) is 18.4 Å². The van der Waals surface area contributed by atoms with Crippen LogP contribution in [0.15, 0.2) is 30.3 Å². The van der Waals surface area contributed by atoms with Crippen molar-refractivity contribution in [2.24, 2.45) is 5.92 Å². The molecule has 0 heterocycles. The molecule has 2 nitrogen and oxygen atoms in total. The Kier molecular flexibility index (Phi) is 4.05. The van der Waals surface area contributed by atoms with E-state index in [2.05, 4.69) is 43.4 Å². The molecule has 0 atom stereocenters. The van der Waals surface area contributed by atoms with Crippen molar-refractivity contribution in [3.05, 3.63) is 35.9 Å². The van der Waals surface area contributed by atoms with Crippen molar-refractivity contribution < 1.29 is 4.79 Å². The average Bonchev–Trinajstić information content (AvgIpc) is 2.91. The largest absolute Gasteiger partial charge is 0.355 e. The van der Waals surface area contributed by atoms with Gasteiger partial charge in [-0.15, -0.1) is 0 Å². The fourth-order valence-corrected chi connectivity index (χ4v) is 2.63. The van der Waals surface area contributed by atoms with Gasteiger partial charge >= 0.3 is 0 Å². The molecule has 0 spiro atoms. The molecule has 0 unspecified atom stereocenters. The van der Waals surface area contributed by atoms with Gasteiger partial charge in [-0.2, -0.15) is 0 Å². The number of amides is 1. The van der Waals surface area contributed by atoms with Crippen molar-refractivity contribution in [3.63, 3.8) is 0 Å². The smallest absolute Gasteiger partial charge is 0.223 e. The predicted molar refractivity (Wildman–Crippen MR) is 74.4 cm³/mol. The predicted octanol–water partition coefficient (Wildman–Crippen LogP) is 3.27. The van der Waals surface area contributed by atoms with Crippen LogP contribution < -0.4 is 5.32 Å². The highest BCUT2D eigenvalue weighted by molar-refractivity contribution is 5.78. The van der Waals surface area contributed by atoms with Crippen LogP contribution in [-0.2, 0) is 10.2 Å². The van der Waals surface area contributed by atoms with Crippen LogP contribution >= 0.6 is 0 Å². The van der Waals surface area contributed by atoms with Crippen molar-refractivity contribution in [1.82, 2.24) is 5.32 Å². The van der Waals surface area contributed by atoms with Crippen molar-refractivity contribution in [1.29, 1.82) is 0 Å². The second kappa shape index (κ2) is 5.55. The lowest BCUT2D eigenvalue weighted by atomic mass is 9.84. The Morgan fingerprint density at radius 1 is 1.22 bits per heavy atom. The molecule has 0 radical (unpaired) electrons. The molecule has 2 rings (SSSR count). The maximum atomic E-state index is 12.0. The summed E-state index contributed by atoms with van der Waals surface area (Å²) in [4.78, 5) is 12.0. The average molecular weight is 245 g/mol. The summed E-state index contributed by atoms with van der Waals surface area (Å²) in [7, 11) is 0. The minimum atomic E-state index is -0.00444. The molecule has 0 saturated heterocycles. The van der Waals surface area contributed by atoms with Crippen LogP contribution in [0.4, 0.5) is 0 Å². The van der Waals surface area contributed by atoms with Crippen LogP contribution in [0.3, 0.4) is 0 Å². The standard InChI is InChI=1S/C16H23NO/c1-16(2,14-10-4-3-5-11-14)12-17-15(18)13-8-6-7-9-13/h3-5,10-11,13H,6-9,12H2,1-2H3,(H,17,18). The first-order valence-corrected chi connectivity index (χ1v) is 6.93. The van der Waals surface area contributed by atoms with Gasteiger partial charge in [-0.1, -0.05) is 57.0 Å². The topological polar surface area (TPSA) is 29.1 Å². The summed E-state index contributed by atoms with van der Waals surface area (Å²) < 4.78 is 0. The Morgan fingerprint density at radius 2 is 1.83 bits per heavy atom. The first-order chi connectivity index (χ1) is 8.59. The third kappa shape index (κ3) is 3.12. The Hall–Kier alpha value is -1.31. The fourth-order valence-electron chi connectivity index (χ4n) is 2.63. The summed E-state index contributed by atoms with van der Waals surface area (Å²) in [5.41, 5.74) is 1.27. The number of nitrogens with one attached hydrogen (secondary N) is 1. The van der Waals surface area contributed by atoms with E-state index in [1.54, 1.807) is 0 Å². The zero-order valence-corrected chi connectivity index (χ0v) is 11.4. The molecule has 1 aliphatic rings. The van der Waals surface area contributed by atoms with Gasteiger partial charge in [-0.25, -0.2) is 0 Å². The molecule has 1 aromatic carbocycles. The van der Waals surface area contributed by atoms with Crippen LogP contribution in [0.2, 0.25) is 0 Å². The van der Waals surface area contributed by atoms with E-state index in [1.807, 2.05) is 6.07 Å². The lowest BCUT2D eigenvalue weighted by Crippen LogP contribution is -2.39. The van der Waals surface area contributed by atoms with Gasteiger partial charge in [0.25, 0.3) is 0 Å². The van der Waals surface area contributed by atoms with Crippen molar-refractivity contribution in [2.45, 2.75) is 44.9 Å². The number of hydrogen-bond donors (Lipinski definition) is 1. The highest BCUT2D eigenvalue weighted by atomic mass is 16.1. The van der Waals surface area contributed by atoms with Gasteiger partial charge in [0.05, 0.1) is 0 Å². The Balaban J connectivity index is 1.90. The van der Waals surface area contributed by atoms with Gasteiger partial charge in [0.2, 0.25) is 5.91 Å². The Bertz CT molecular complexity index is 391. The normalized spacial score (nSPS) is 16.8. The molecule has 1 fully saturated rings. The molecule has 1 N–H and O–H groups in total. The molecular formula is C16H23NO. The third-order valence-corrected chi connectivity index (χ3v) is 3.99. The zero-order valence-electron chi connectivity index (χ0n) is 11.4. The van der Waals surface area contributed by atoms with Crippen molar-refractivity contribution in [2.75, 3.05) is 6.54 Å². The first kappa shape index (κ1) is 13.1. The Morgan fingerprint density at radius 3 is 2.44 bits per heavy atom. The van der Waals surface area contributed by atoms with E-state index in [-0.39, 0.29) is 17.2 Å². The summed E-state index contributed by atoms with van der Waals surface area (Å²) in [5, 5.41) is 3.12. The maximum Gasteiger partial charge on any atom is 0.223 e. The lowest BCUT2D eigenvalue weighted by molar-refractivity contribution is -0.125. The molecule has 1 aromatic rings. The summed E-state index contributed by atoms with van der Waals surface area (Å²) in [5.74, 6) is 0.507. The van der Waals surface area contributed by atoms with Crippen LogP contribution in [0.1, 0.15) is 45.1 Å². The second-order valence-corrected chi connectivity index (χ2v) is 5.95. The molecule has 1 amide bonds. The number of carbonyl (C=O) groups is 1. The number of benzene rings is 1. The molecule has 1 saturated carbocycles. The van der Waals surface area contributed by atoms with E-state index in [0.29, 0.717) is 6.54 Å². The van der Waals surface area contributed by atoms with Crippen LogP contribution in [0.5, 0.6) is 0 Å². The summed E-state index contributed by atoms with van der Waals surface area (Å²) >= 11 is 0. The lowest BCUT2D eigenvalue weighted by Gasteiger charge is -2.26. The molecule has 0 aliphatic heterocycles. The molecule has 1 aliphatic carbocycles. The van der Waals surface area contributed by atoms with Crippen LogP contribution in [-0.4, -0.2) is 12.5 Å². The van der Waals surface area contributed by atoms with Crippen molar-refractivity contribution >= 4 is 5.91 Å². The SMILES string of the molecule is CC(C)(CNC(=O)C1CCCC1)c1ccccc1. The molecule has 18 heavy (non-hydrogen) atoms. The van der Waals surface area contributed by atoms with E-state index in [9.17, 15) is 4.79 Å². The van der Waals surface area contributed by atoms with Gasteiger partial charge in [-0.3, -0.25) is 4.79 Å². The van der Waals surface area contributed by atoms with E-state index in [0.717, 1.165) is 12.8 Å². The van der Waals surface area contributed by atoms with E-state index in [1.165, 1.54) is 18.4 Å². The van der Waals surface area contributed by atoms with Crippen LogP contribution in [0.25, 0.3) is 0 Å². The third-order valence-electron chi connectivity index (χ3n) is 3.99. The van der Waals surface area contributed by atoms with E-state index in [4.69, 9.17) is 0 Å². The monoisotopic (exact) mass is 245 g/mol. The summed E-state index contributed by atoms with van der Waals surface area (Å²) in [6, 6.07) is 10.4. The molecule has 0 aromatic heterocycles. The quantitative estimate of drug-likeness (QED) is 0.866. The molecule has 2 heteroatoms. The molecule has 98 valence electrons. The number of hydrogen-bond acceptors (Lipinski definition) is 1. The van der Waals surface area contributed by atoms with Gasteiger partial charge in [0, 0.05) is 17.9 Å². The molecular weight excluding hydrogens is 222 g/mol. The van der Waals surface area contributed by atoms with E-state index < -0.39 is 0 Å². The molecule has 0 bridgehead atoms. The minimum absolute atomic E-state index is 0.00444. The number of rotatable bonds is 4. The fraction of sp³-hybridized carbons (Fsp3) is 0.562.